The number of ether oxygens (including phenoxy) is 1. The van der Waals surface area contributed by atoms with Crippen LogP contribution in [0, 0.1) is 5.92 Å². The van der Waals surface area contributed by atoms with Crippen LogP contribution in [-0.2, 0) is 18.3 Å². The van der Waals surface area contributed by atoms with Gasteiger partial charge in [0.1, 0.15) is 5.75 Å². The van der Waals surface area contributed by atoms with Crippen molar-refractivity contribution in [2.45, 2.75) is 50.8 Å². The number of benzene rings is 2. The van der Waals surface area contributed by atoms with E-state index >= 15 is 0 Å². The Morgan fingerprint density at radius 2 is 1.84 bits per heavy atom. The number of carboxylic acids is 1. The lowest BCUT2D eigenvalue weighted by atomic mass is 9.92. The Bertz CT molecular complexity index is 1390. The number of rotatable bonds is 8. The molecule has 202 valence electrons. The highest BCUT2D eigenvalue weighted by Crippen LogP contribution is 2.46. The Kier molecular flexibility index (Phi) is 7.11. The fourth-order valence-electron chi connectivity index (χ4n) is 5.55. The summed E-state index contributed by atoms with van der Waals surface area (Å²) in [5.74, 6) is -0.380. The highest BCUT2D eigenvalue weighted by atomic mass is 35.5. The molecular weight excluding hydrogens is 517 g/mol. The van der Waals surface area contributed by atoms with Crippen LogP contribution in [0.2, 0.25) is 5.02 Å². The van der Waals surface area contributed by atoms with Crippen LogP contribution in [0.3, 0.4) is 0 Å². The fourth-order valence-corrected chi connectivity index (χ4v) is 5.90. The van der Waals surface area contributed by atoms with Gasteiger partial charge in [-0.15, -0.1) is 13.2 Å². The van der Waals surface area contributed by atoms with E-state index in [0.29, 0.717) is 22.9 Å². The number of aliphatic carboxylic acids is 1. The number of carbonyl (C=O) groups is 1. The molecule has 0 radical (unpaired) electrons. The van der Waals surface area contributed by atoms with E-state index in [1.165, 1.54) is 17.7 Å². The predicted octanol–water partition coefficient (Wildman–Crippen LogP) is 7.36. The van der Waals surface area contributed by atoms with Crippen LogP contribution in [0.25, 0.3) is 16.6 Å². The van der Waals surface area contributed by atoms with Gasteiger partial charge < -0.3 is 19.3 Å². The van der Waals surface area contributed by atoms with Crippen LogP contribution in [0.1, 0.15) is 60.4 Å². The second-order valence-corrected chi connectivity index (χ2v) is 10.8. The van der Waals surface area contributed by atoms with E-state index in [1.807, 2.05) is 23.7 Å². The average Bonchev–Trinajstić information content (AvgIpc) is 3.64. The Hall–Kier alpha value is -3.13. The highest BCUT2D eigenvalue weighted by molar-refractivity contribution is 6.33. The molecule has 1 saturated heterocycles. The Morgan fingerprint density at radius 1 is 1.13 bits per heavy atom. The molecule has 9 heteroatoms. The number of halogens is 4. The zero-order chi connectivity index (χ0) is 27.2. The summed E-state index contributed by atoms with van der Waals surface area (Å²) in [4.78, 5) is 13.3. The number of fused-ring (bicyclic) bond motifs is 1. The molecule has 2 aliphatic rings. The molecule has 0 atom stereocenters. The van der Waals surface area contributed by atoms with Gasteiger partial charge in [0.2, 0.25) is 0 Å². The van der Waals surface area contributed by atoms with Gasteiger partial charge in [0.05, 0.1) is 10.5 Å². The van der Waals surface area contributed by atoms with Gasteiger partial charge in [0, 0.05) is 61.4 Å². The molecule has 2 fully saturated rings. The minimum atomic E-state index is -4.75. The number of hydrogen-bond donors (Lipinski definition) is 1. The summed E-state index contributed by atoms with van der Waals surface area (Å²) in [6.07, 6.45) is -0.216. The van der Waals surface area contributed by atoms with Gasteiger partial charge in [-0.3, -0.25) is 4.79 Å². The molecule has 1 aromatic heterocycles. The van der Waals surface area contributed by atoms with E-state index in [1.54, 1.807) is 6.07 Å². The number of likely N-dealkylation sites (tertiary alicyclic amines) is 1. The number of piperidine rings is 1. The van der Waals surface area contributed by atoms with Crippen molar-refractivity contribution in [1.82, 2.24) is 9.47 Å². The zero-order valence-corrected chi connectivity index (χ0v) is 21.9. The molecule has 2 aromatic carbocycles. The van der Waals surface area contributed by atoms with E-state index in [-0.39, 0.29) is 18.1 Å². The number of alkyl halides is 3. The lowest BCUT2D eigenvalue weighted by Gasteiger charge is -2.35. The molecule has 38 heavy (non-hydrogen) atoms. The van der Waals surface area contributed by atoms with E-state index in [4.69, 9.17) is 16.7 Å². The Morgan fingerprint density at radius 3 is 2.47 bits per heavy atom. The SMILES string of the molecule is C=C(c1ccc(C2CC2)c(Cc2cc3ccc(OC(F)(F)F)cc3n2C)c1Cl)N1CCC(CC(=O)O)CC1. The number of hydrogen-bond acceptors (Lipinski definition) is 3. The third kappa shape index (κ3) is 5.65. The molecule has 2 heterocycles. The molecule has 5 nitrogen and oxygen atoms in total. The first kappa shape index (κ1) is 26.5. The van der Waals surface area contributed by atoms with Gasteiger partial charge in [-0.05, 0) is 66.8 Å². The van der Waals surface area contributed by atoms with Crippen molar-refractivity contribution in [3.8, 4) is 5.75 Å². The smallest absolute Gasteiger partial charge is 0.481 e. The summed E-state index contributed by atoms with van der Waals surface area (Å²) in [5, 5.41) is 10.6. The molecule has 0 spiro atoms. The molecule has 0 unspecified atom stereocenters. The topological polar surface area (TPSA) is 54.7 Å². The van der Waals surface area contributed by atoms with Crippen LogP contribution >= 0.6 is 11.6 Å². The first-order chi connectivity index (χ1) is 18.0. The highest BCUT2D eigenvalue weighted by Gasteiger charge is 2.32. The molecule has 1 N–H and O–H groups in total. The maximum atomic E-state index is 12.7. The Labute approximate surface area is 224 Å². The van der Waals surface area contributed by atoms with E-state index in [9.17, 15) is 18.0 Å². The molecule has 1 aliphatic heterocycles. The van der Waals surface area contributed by atoms with Crippen LogP contribution < -0.4 is 4.74 Å². The van der Waals surface area contributed by atoms with Crippen molar-refractivity contribution in [3.05, 3.63) is 70.4 Å². The third-order valence-electron chi connectivity index (χ3n) is 7.77. The molecule has 0 bridgehead atoms. The van der Waals surface area contributed by atoms with E-state index in [0.717, 1.165) is 66.7 Å². The maximum absolute atomic E-state index is 12.7. The monoisotopic (exact) mass is 546 g/mol. The molecule has 0 amide bonds. The van der Waals surface area contributed by atoms with Crippen LogP contribution in [-0.4, -0.2) is 40.0 Å². The second kappa shape index (κ2) is 10.2. The molecule has 1 saturated carbocycles. The van der Waals surface area contributed by atoms with Crippen molar-refractivity contribution in [2.75, 3.05) is 13.1 Å². The predicted molar refractivity (Wildman–Crippen MR) is 141 cm³/mol. The normalized spacial score (nSPS) is 16.7. The van der Waals surface area contributed by atoms with Gasteiger partial charge in [0.25, 0.3) is 0 Å². The minimum absolute atomic E-state index is 0.174. The fraction of sp³-hybridized carbons (Fsp3) is 0.414. The summed E-state index contributed by atoms with van der Waals surface area (Å²) in [7, 11) is 1.84. The summed E-state index contributed by atoms with van der Waals surface area (Å²) in [5.41, 5.74) is 5.51. The Balaban J connectivity index is 1.42. The molecular formula is C29H30ClF3N2O3. The minimum Gasteiger partial charge on any atom is -0.481 e. The van der Waals surface area contributed by atoms with Crippen molar-refractivity contribution in [2.24, 2.45) is 13.0 Å². The zero-order valence-electron chi connectivity index (χ0n) is 21.2. The molecule has 1 aliphatic carbocycles. The quantitative estimate of drug-likeness (QED) is 0.321. The van der Waals surface area contributed by atoms with Gasteiger partial charge in [0.15, 0.2) is 0 Å². The maximum Gasteiger partial charge on any atom is 0.573 e. The lowest BCUT2D eigenvalue weighted by Crippen LogP contribution is -2.33. The van der Waals surface area contributed by atoms with Gasteiger partial charge >= 0.3 is 12.3 Å². The summed E-state index contributed by atoms with van der Waals surface area (Å²) >= 11 is 7.08. The van der Waals surface area contributed by atoms with Crippen molar-refractivity contribution < 1.29 is 27.8 Å². The number of aromatic nitrogens is 1. The van der Waals surface area contributed by atoms with Crippen molar-refractivity contribution in [1.29, 1.82) is 0 Å². The summed E-state index contributed by atoms with van der Waals surface area (Å²) in [6, 6.07) is 10.5. The lowest BCUT2D eigenvalue weighted by molar-refractivity contribution is -0.274. The van der Waals surface area contributed by atoms with Gasteiger partial charge in [-0.2, -0.15) is 0 Å². The van der Waals surface area contributed by atoms with Crippen LogP contribution in [0.5, 0.6) is 5.75 Å². The number of carboxylic acid groups (broad SMARTS) is 1. The molecule has 5 rings (SSSR count). The van der Waals surface area contributed by atoms with Crippen molar-refractivity contribution in [3.63, 3.8) is 0 Å². The summed E-state index contributed by atoms with van der Waals surface area (Å²) < 4.78 is 44.2. The molecule has 3 aromatic rings. The second-order valence-electron chi connectivity index (χ2n) is 10.4. The third-order valence-corrected chi connectivity index (χ3v) is 8.21. The van der Waals surface area contributed by atoms with Crippen LogP contribution in [0.15, 0.2) is 43.0 Å². The number of nitrogens with zero attached hydrogens (tertiary/aromatic N) is 2. The van der Waals surface area contributed by atoms with Gasteiger partial charge in [-0.25, -0.2) is 0 Å². The van der Waals surface area contributed by atoms with Gasteiger partial charge in [-0.1, -0.05) is 30.3 Å². The van der Waals surface area contributed by atoms with Crippen molar-refractivity contribution >= 4 is 34.2 Å². The van der Waals surface area contributed by atoms with Crippen LogP contribution in [0.4, 0.5) is 13.2 Å². The first-order valence-corrected chi connectivity index (χ1v) is 13.2. The van der Waals surface area contributed by atoms with E-state index in [2.05, 4.69) is 22.3 Å². The standard InChI is InChI=1S/C29H30ClF3N2O3/c1-17(35-11-9-18(10-12-35)13-27(36)37)23-7-8-24(19-3-4-19)25(28(23)30)15-21-14-20-5-6-22(38-29(31,32)33)16-26(20)34(21)2/h5-8,14,16,18-19H,1,3-4,9-13,15H2,2H3,(H,36,37). The summed E-state index contributed by atoms with van der Waals surface area (Å²) in [6.45, 7) is 5.81. The number of aryl methyl sites for hydroxylation is 1. The largest absolute Gasteiger partial charge is 0.573 e. The van der Waals surface area contributed by atoms with E-state index < -0.39 is 12.3 Å². The first-order valence-electron chi connectivity index (χ1n) is 12.8. The average molecular weight is 547 g/mol.